The molecular formula is C11H22N2O. The van der Waals surface area contributed by atoms with E-state index in [1.54, 1.807) is 0 Å². The highest BCUT2D eigenvalue weighted by Crippen LogP contribution is 2.20. The predicted octanol–water partition coefficient (Wildman–Crippen LogP) is 0.537. The molecule has 2 aliphatic rings. The van der Waals surface area contributed by atoms with Gasteiger partial charge in [0.15, 0.2) is 0 Å². The third kappa shape index (κ3) is 2.47. The standard InChI is InChI=1S/C11H22N2O/c1-10(14)8-12-7-4-11(9-12)13-5-2-3-6-13/h10-11,14H,2-9H2,1H3. The molecule has 0 saturated carbocycles. The Hall–Kier alpha value is -0.120. The van der Waals surface area contributed by atoms with E-state index in [0.29, 0.717) is 0 Å². The van der Waals surface area contributed by atoms with Crippen molar-refractivity contribution < 1.29 is 5.11 Å². The average Bonchev–Trinajstić information content (AvgIpc) is 2.69. The first-order valence-electron chi connectivity index (χ1n) is 5.90. The van der Waals surface area contributed by atoms with E-state index in [1.165, 1.54) is 45.4 Å². The van der Waals surface area contributed by atoms with Crippen LogP contribution in [0.3, 0.4) is 0 Å². The van der Waals surface area contributed by atoms with Crippen LogP contribution in [0.4, 0.5) is 0 Å². The summed E-state index contributed by atoms with van der Waals surface area (Å²) in [7, 11) is 0. The Kier molecular flexibility index (Phi) is 3.42. The van der Waals surface area contributed by atoms with E-state index in [-0.39, 0.29) is 6.10 Å². The number of β-amino-alcohol motifs (C(OH)–C–C–N with tert-alkyl or cyclic N) is 1. The molecule has 2 saturated heterocycles. The highest BCUT2D eigenvalue weighted by Gasteiger charge is 2.29. The molecule has 2 heterocycles. The van der Waals surface area contributed by atoms with Crippen LogP contribution in [0, 0.1) is 0 Å². The van der Waals surface area contributed by atoms with Crippen LogP contribution in [0.5, 0.6) is 0 Å². The SMILES string of the molecule is CC(O)CN1CCC(N2CCCC2)C1. The summed E-state index contributed by atoms with van der Waals surface area (Å²) in [5.41, 5.74) is 0. The van der Waals surface area contributed by atoms with E-state index in [2.05, 4.69) is 9.80 Å². The van der Waals surface area contributed by atoms with Crippen molar-refractivity contribution in [3.63, 3.8) is 0 Å². The smallest absolute Gasteiger partial charge is 0.0639 e. The lowest BCUT2D eigenvalue weighted by Gasteiger charge is -2.24. The van der Waals surface area contributed by atoms with Gasteiger partial charge in [-0.2, -0.15) is 0 Å². The molecule has 1 N–H and O–H groups in total. The maximum atomic E-state index is 9.31. The highest BCUT2D eigenvalue weighted by atomic mass is 16.3. The zero-order valence-corrected chi connectivity index (χ0v) is 9.15. The number of aliphatic hydroxyl groups is 1. The first-order chi connectivity index (χ1) is 6.75. The molecule has 3 heteroatoms. The fourth-order valence-electron chi connectivity index (χ4n) is 2.76. The zero-order chi connectivity index (χ0) is 9.97. The molecule has 0 spiro atoms. The molecule has 0 radical (unpaired) electrons. The van der Waals surface area contributed by atoms with Gasteiger partial charge in [-0.1, -0.05) is 0 Å². The Balaban J connectivity index is 1.76. The number of nitrogens with zero attached hydrogens (tertiary/aromatic N) is 2. The Morgan fingerprint density at radius 3 is 2.64 bits per heavy atom. The van der Waals surface area contributed by atoms with Crippen molar-refractivity contribution in [3.8, 4) is 0 Å². The van der Waals surface area contributed by atoms with Crippen LogP contribution < -0.4 is 0 Å². The van der Waals surface area contributed by atoms with E-state index >= 15 is 0 Å². The quantitative estimate of drug-likeness (QED) is 0.717. The van der Waals surface area contributed by atoms with E-state index in [9.17, 15) is 5.11 Å². The van der Waals surface area contributed by atoms with Crippen molar-refractivity contribution >= 4 is 0 Å². The monoisotopic (exact) mass is 198 g/mol. The summed E-state index contributed by atoms with van der Waals surface area (Å²) in [6.45, 7) is 7.67. The molecule has 0 aromatic heterocycles. The van der Waals surface area contributed by atoms with Crippen molar-refractivity contribution in [2.45, 2.75) is 38.3 Å². The van der Waals surface area contributed by atoms with Gasteiger partial charge in [-0.3, -0.25) is 9.80 Å². The molecule has 2 aliphatic heterocycles. The third-order valence-corrected chi connectivity index (χ3v) is 3.43. The molecule has 0 aromatic rings. The molecule has 3 nitrogen and oxygen atoms in total. The molecule has 0 aromatic carbocycles. The van der Waals surface area contributed by atoms with Crippen molar-refractivity contribution in [2.75, 3.05) is 32.7 Å². The lowest BCUT2D eigenvalue weighted by Crippen LogP contribution is -2.36. The summed E-state index contributed by atoms with van der Waals surface area (Å²) >= 11 is 0. The highest BCUT2D eigenvalue weighted by molar-refractivity contribution is 4.85. The van der Waals surface area contributed by atoms with Gasteiger partial charge >= 0.3 is 0 Å². The van der Waals surface area contributed by atoms with Gasteiger partial charge in [0, 0.05) is 19.1 Å². The van der Waals surface area contributed by atoms with Gasteiger partial charge < -0.3 is 5.11 Å². The summed E-state index contributed by atoms with van der Waals surface area (Å²) < 4.78 is 0. The van der Waals surface area contributed by atoms with Crippen LogP contribution in [-0.4, -0.2) is 59.8 Å². The minimum absolute atomic E-state index is 0.174. The van der Waals surface area contributed by atoms with Crippen LogP contribution in [-0.2, 0) is 0 Å². The lowest BCUT2D eigenvalue weighted by atomic mass is 10.2. The van der Waals surface area contributed by atoms with Crippen molar-refractivity contribution in [3.05, 3.63) is 0 Å². The molecule has 0 bridgehead atoms. The average molecular weight is 198 g/mol. The normalized spacial score (nSPS) is 32.6. The second-order valence-electron chi connectivity index (χ2n) is 4.79. The minimum atomic E-state index is -0.174. The third-order valence-electron chi connectivity index (χ3n) is 3.43. The number of hydrogen-bond acceptors (Lipinski definition) is 3. The number of rotatable bonds is 3. The summed E-state index contributed by atoms with van der Waals surface area (Å²) in [6.07, 6.45) is 3.89. The molecular weight excluding hydrogens is 176 g/mol. The fourth-order valence-corrected chi connectivity index (χ4v) is 2.76. The van der Waals surface area contributed by atoms with E-state index < -0.39 is 0 Å². The van der Waals surface area contributed by atoms with Gasteiger partial charge in [-0.15, -0.1) is 0 Å². The summed E-state index contributed by atoms with van der Waals surface area (Å²) in [5.74, 6) is 0. The van der Waals surface area contributed by atoms with Gasteiger partial charge in [0.2, 0.25) is 0 Å². The van der Waals surface area contributed by atoms with Crippen LogP contribution in [0.2, 0.25) is 0 Å². The molecule has 0 aliphatic carbocycles. The Labute approximate surface area is 86.7 Å². The van der Waals surface area contributed by atoms with Crippen molar-refractivity contribution in [1.82, 2.24) is 9.80 Å². The first kappa shape index (κ1) is 10.4. The van der Waals surface area contributed by atoms with Crippen LogP contribution in [0.15, 0.2) is 0 Å². The van der Waals surface area contributed by atoms with Crippen LogP contribution in [0.25, 0.3) is 0 Å². The van der Waals surface area contributed by atoms with Crippen LogP contribution >= 0.6 is 0 Å². The first-order valence-corrected chi connectivity index (χ1v) is 5.90. The Morgan fingerprint density at radius 2 is 2.00 bits per heavy atom. The predicted molar refractivity (Wildman–Crippen MR) is 57.3 cm³/mol. The zero-order valence-electron chi connectivity index (χ0n) is 9.15. The van der Waals surface area contributed by atoms with Gasteiger partial charge in [0.25, 0.3) is 0 Å². The molecule has 2 unspecified atom stereocenters. The second-order valence-corrected chi connectivity index (χ2v) is 4.79. The van der Waals surface area contributed by atoms with Crippen LogP contribution in [0.1, 0.15) is 26.2 Å². The molecule has 2 rings (SSSR count). The maximum absolute atomic E-state index is 9.31. The van der Waals surface area contributed by atoms with Gasteiger partial charge in [-0.05, 0) is 45.8 Å². The molecule has 2 atom stereocenters. The molecule has 82 valence electrons. The van der Waals surface area contributed by atoms with Crippen molar-refractivity contribution in [1.29, 1.82) is 0 Å². The molecule has 14 heavy (non-hydrogen) atoms. The van der Waals surface area contributed by atoms with E-state index in [4.69, 9.17) is 0 Å². The molecule has 0 amide bonds. The second kappa shape index (κ2) is 4.60. The van der Waals surface area contributed by atoms with E-state index in [0.717, 1.165) is 12.6 Å². The minimum Gasteiger partial charge on any atom is -0.392 e. The summed E-state index contributed by atoms with van der Waals surface area (Å²) in [4.78, 5) is 5.02. The lowest BCUT2D eigenvalue weighted by molar-refractivity contribution is 0.134. The van der Waals surface area contributed by atoms with Crippen molar-refractivity contribution in [2.24, 2.45) is 0 Å². The Bertz CT molecular complexity index is 178. The number of likely N-dealkylation sites (tertiary alicyclic amines) is 2. The number of hydrogen-bond donors (Lipinski definition) is 1. The Morgan fingerprint density at radius 1 is 1.29 bits per heavy atom. The van der Waals surface area contributed by atoms with Gasteiger partial charge in [0.05, 0.1) is 6.10 Å². The number of aliphatic hydroxyl groups excluding tert-OH is 1. The summed E-state index contributed by atoms with van der Waals surface area (Å²) in [5, 5.41) is 9.31. The topological polar surface area (TPSA) is 26.7 Å². The molecule has 2 fully saturated rings. The largest absolute Gasteiger partial charge is 0.392 e. The van der Waals surface area contributed by atoms with Gasteiger partial charge in [0.1, 0.15) is 0 Å². The fraction of sp³-hybridized carbons (Fsp3) is 1.00. The maximum Gasteiger partial charge on any atom is 0.0639 e. The summed E-state index contributed by atoms with van der Waals surface area (Å²) in [6, 6.07) is 0.774. The van der Waals surface area contributed by atoms with E-state index in [1.807, 2.05) is 6.92 Å². The van der Waals surface area contributed by atoms with Gasteiger partial charge in [-0.25, -0.2) is 0 Å².